The van der Waals surface area contributed by atoms with Crippen molar-refractivity contribution in [3.63, 3.8) is 0 Å². The number of nitrogens with zero attached hydrogens (tertiary/aromatic N) is 3. The zero-order chi connectivity index (χ0) is 10.1. The lowest BCUT2D eigenvalue weighted by molar-refractivity contribution is 0.380. The molecule has 74 valence electrons. The molecule has 0 aliphatic carbocycles. The topological polar surface area (TPSA) is 31.4 Å². The average Bonchev–Trinajstić information content (AvgIpc) is 2.74. The van der Waals surface area contributed by atoms with E-state index < -0.39 is 0 Å². The molecule has 0 amide bonds. The van der Waals surface area contributed by atoms with E-state index in [1.54, 1.807) is 12.4 Å². The fourth-order valence-corrected chi connectivity index (χ4v) is 1.57. The van der Waals surface area contributed by atoms with Crippen molar-refractivity contribution >= 4 is 5.69 Å². The first-order valence-electron chi connectivity index (χ1n) is 4.75. The summed E-state index contributed by atoms with van der Waals surface area (Å²) in [4.78, 5) is 3.99. The van der Waals surface area contributed by atoms with E-state index in [4.69, 9.17) is 0 Å². The minimum atomic E-state index is 1.06. The lowest BCUT2D eigenvalue weighted by Crippen LogP contribution is -2.37. The van der Waals surface area contributed by atoms with Gasteiger partial charge in [-0.05, 0) is 24.3 Å². The van der Waals surface area contributed by atoms with Crippen LogP contribution >= 0.6 is 0 Å². The number of hydrazine groups is 2. The Morgan fingerprint density at radius 1 is 1.07 bits per heavy atom. The summed E-state index contributed by atoms with van der Waals surface area (Å²) in [6.07, 6.45) is 13.6. The molecule has 1 N–H and O–H groups in total. The van der Waals surface area contributed by atoms with Gasteiger partial charge >= 0.3 is 0 Å². The van der Waals surface area contributed by atoms with Gasteiger partial charge in [-0.2, -0.15) is 0 Å². The summed E-state index contributed by atoms with van der Waals surface area (Å²) in [6, 6.07) is 3.91. The largest absolute Gasteiger partial charge is 0.265 e. The first kappa shape index (κ1) is 8.26. The Bertz CT molecular complexity index is 447. The first-order chi connectivity index (χ1) is 7.43. The van der Waals surface area contributed by atoms with Crippen LogP contribution in [0.2, 0.25) is 0 Å². The highest BCUT2D eigenvalue weighted by Crippen LogP contribution is 2.21. The molecule has 4 heteroatoms. The lowest BCUT2D eigenvalue weighted by atomic mass is 10.3. The first-order valence-corrected chi connectivity index (χ1v) is 4.75. The molecule has 4 nitrogen and oxygen atoms in total. The summed E-state index contributed by atoms with van der Waals surface area (Å²) >= 11 is 0. The number of hydrogen-bond acceptors (Lipinski definition) is 4. The Morgan fingerprint density at radius 3 is 2.73 bits per heavy atom. The average molecular weight is 198 g/mol. The Balaban J connectivity index is 1.91. The van der Waals surface area contributed by atoms with E-state index >= 15 is 0 Å². The summed E-state index contributed by atoms with van der Waals surface area (Å²) in [5.41, 5.74) is 5.40. The second kappa shape index (κ2) is 3.25. The highest BCUT2D eigenvalue weighted by Gasteiger charge is 2.18. The standard InChI is InChI=1S/C11H10N4/c1-2-8-14-11(3-1)9-15(13-14)10-4-6-12-7-5-10/h1-9,13H. The van der Waals surface area contributed by atoms with Crippen molar-refractivity contribution in [2.45, 2.75) is 0 Å². The molecule has 0 bridgehead atoms. The van der Waals surface area contributed by atoms with Crippen molar-refractivity contribution < 1.29 is 0 Å². The van der Waals surface area contributed by atoms with Crippen LogP contribution in [0.15, 0.2) is 60.9 Å². The molecule has 2 aliphatic rings. The lowest BCUT2D eigenvalue weighted by Gasteiger charge is -2.21. The predicted molar refractivity (Wildman–Crippen MR) is 58.1 cm³/mol. The summed E-state index contributed by atoms with van der Waals surface area (Å²) in [5, 5.41) is 3.91. The molecule has 0 atom stereocenters. The molecular weight excluding hydrogens is 188 g/mol. The van der Waals surface area contributed by atoms with Crippen molar-refractivity contribution in [2.75, 3.05) is 5.01 Å². The van der Waals surface area contributed by atoms with E-state index in [0.29, 0.717) is 0 Å². The van der Waals surface area contributed by atoms with Crippen LogP contribution in [0.4, 0.5) is 5.69 Å². The van der Waals surface area contributed by atoms with Gasteiger partial charge in [-0.3, -0.25) is 15.0 Å². The van der Waals surface area contributed by atoms with Gasteiger partial charge in [0.05, 0.1) is 11.4 Å². The third-order valence-electron chi connectivity index (χ3n) is 2.31. The van der Waals surface area contributed by atoms with Gasteiger partial charge < -0.3 is 0 Å². The van der Waals surface area contributed by atoms with Crippen molar-refractivity contribution in [3.8, 4) is 0 Å². The van der Waals surface area contributed by atoms with Crippen LogP contribution < -0.4 is 10.5 Å². The maximum atomic E-state index is 3.99. The zero-order valence-electron chi connectivity index (χ0n) is 8.04. The highest BCUT2D eigenvalue weighted by atomic mass is 15.8. The summed E-state index contributed by atoms with van der Waals surface area (Å²) in [7, 11) is 0. The zero-order valence-corrected chi connectivity index (χ0v) is 8.04. The molecular formula is C11H10N4. The molecule has 3 rings (SSSR count). The van der Waals surface area contributed by atoms with E-state index in [9.17, 15) is 0 Å². The minimum absolute atomic E-state index is 1.06. The van der Waals surface area contributed by atoms with Gasteiger partial charge in [-0.15, -0.1) is 5.53 Å². The van der Waals surface area contributed by atoms with E-state index in [0.717, 1.165) is 11.4 Å². The van der Waals surface area contributed by atoms with Crippen molar-refractivity contribution in [2.24, 2.45) is 0 Å². The number of rotatable bonds is 1. The molecule has 0 aromatic carbocycles. The van der Waals surface area contributed by atoms with Gasteiger partial charge in [0.25, 0.3) is 0 Å². The predicted octanol–water partition coefficient (Wildman–Crippen LogP) is 1.55. The monoisotopic (exact) mass is 198 g/mol. The number of anilines is 1. The molecule has 1 aromatic heterocycles. The van der Waals surface area contributed by atoms with E-state index in [1.807, 2.05) is 52.8 Å². The second-order valence-electron chi connectivity index (χ2n) is 3.30. The third kappa shape index (κ3) is 1.41. The fourth-order valence-electron chi connectivity index (χ4n) is 1.57. The maximum absolute atomic E-state index is 3.99. The fraction of sp³-hybridized carbons (Fsp3) is 0. The number of nitrogens with one attached hydrogen (secondary N) is 1. The van der Waals surface area contributed by atoms with Crippen molar-refractivity contribution in [3.05, 3.63) is 60.9 Å². The molecule has 2 aliphatic heterocycles. The van der Waals surface area contributed by atoms with Gasteiger partial charge in [-0.1, -0.05) is 6.08 Å². The summed E-state index contributed by atoms with van der Waals surface area (Å²) in [6.45, 7) is 0. The Morgan fingerprint density at radius 2 is 1.93 bits per heavy atom. The quantitative estimate of drug-likeness (QED) is 0.741. The van der Waals surface area contributed by atoms with E-state index in [2.05, 4.69) is 10.5 Å². The minimum Gasteiger partial charge on any atom is -0.265 e. The maximum Gasteiger partial charge on any atom is 0.0767 e. The normalized spacial score (nSPS) is 18.0. The number of allylic oxidation sites excluding steroid dienone is 3. The molecule has 3 heterocycles. The van der Waals surface area contributed by atoms with Crippen LogP contribution in [0.25, 0.3) is 0 Å². The second-order valence-corrected chi connectivity index (χ2v) is 3.30. The molecule has 0 spiro atoms. The number of fused-ring (bicyclic) bond motifs is 1. The molecule has 0 saturated heterocycles. The van der Waals surface area contributed by atoms with Gasteiger partial charge in [-0.25, -0.2) is 0 Å². The molecule has 0 saturated carbocycles. The Hall–Kier alpha value is -2.07. The Kier molecular flexibility index (Phi) is 1.79. The third-order valence-corrected chi connectivity index (χ3v) is 2.31. The Labute approximate surface area is 87.8 Å². The van der Waals surface area contributed by atoms with Crippen LogP contribution in [0, 0.1) is 0 Å². The number of aromatic nitrogens is 1. The van der Waals surface area contributed by atoms with Gasteiger partial charge in [0.15, 0.2) is 0 Å². The van der Waals surface area contributed by atoms with Gasteiger partial charge in [0.2, 0.25) is 0 Å². The number of hydrogen-bond donors (Lipinski definition) is 1. The van der Waals surface area contributed by atoms with Gasteiger partial charge in [0.1, 0.15) is 0 Å². The van der Waals surface area contributed by atoms with Crippen molar-refractivity contribution in [1.29, 1.82) is 0 Å². The van der Waals surface area contributed by atoms with Crippen LogP contribution in [0.3, 0.4) is 0 Å². The molecule has 0 fully saturated rings. The van der Waals surface area contributed by atoms with Crippen LogP contribution in [0.1, 0.15) is 0 Å². The van der Waals surface area contributed by atoms with Crippen molar-refractivity contribution in [1.82, 2.24) is 15.5 Å². The summed E-state index contributed by atoms with van der Waals surface area (Å²) < 4.78 is 0. The SMILES string of the molecule is C1=CC2=CN(c3ccncc3)NN2C=C1. The number of pyridine rings is 1. The van der Waals surface area contributed by atoms with E-state index in [-0.39, 0.29) is 0 Å². The summed E-state index contributed by atoms with van der Waals surface area (Å²) in [5.74, 6) is 0. The smallest absolute Gasteiger partial charge is 0.0767 e. The molecule has 15 heavy (non-hydrogen) atoms. The van der Waals surface area contributed by atoms with Crippen LogP contribution in [-0.4, -0.2) is 9.99 Å². The van der Waals surface area contributed by atoms with E-state index in [1.165, 1.54) is 0 Å². The highest BCUT2D eigenvalue weighted by molar-refractivity contribution is 5.50. The molecule has 0 radical (unpaired) electrons. The molecule has 1 aromatic rings. The van der Waals surface area contributed by atoms with Gasteiger partial charge in [0, 0.05) is 24.8 Å². The van der Waals surface area contributed by atoms with Crippen LogP contribution in [0.5, 0.6) is 0 Å². The van der Waals surface area contributed by atoms with Crippen LogP contribution in [-0.2, 0) is 0 Å². The molecule has 0 unspecified atom stereocenters.